The third kappa shape index (κ3) is 2.34. The largest absolute Gasteiger partial charge is 0.125 e. The average Bonchev–Trinajstić information content (AvgIpc) is 2.02. The summed E-state index contributed by atoms with van der Waals surface area (Å²) in [5, 5.41) is 0. The molecule has 0 nitrogen and oxygen atoms in total. The fourth-order valence-electron chi connectivity index (χ4n) is 1.59. The monoisotopic (exact) mass is 172 g/mol. The van der Waals surface area contributed by atoms with Crippen LogP contribution in [-0.2, 0) is 0 Å². The Bertz CT molecular complexity index is 341. The molecule has 0 saturated heterocycles. The minimum atomic E-state index is 1.30. The van der Waals surface area contributed by atoms with E-state index in [-0.39, 0.29) is 0 Å². The molecule has 0 N–H and O–H groups in total. The fraction of sp³-hybridized carbons (Fsp3) is 0.308. The quantitative estimate of drug-likeness (QED) is 0.565. The van der Waals surface area contributed by atoms with Gasteiger partial charge in [0.15, 0.2) is 0 Å². The Kier molecular flexibility index (Phi) is 3.11. The van der Waals surface area contributed by atoms with Crippen molar-refractivity contribution >= 4 is 6.08 Å². The molecule has 0 fully saturated rings. The van der Waals surface area contributed by atoms with Crippen molar-refractivity contribution in [2.24, 2.45) is 0 Å². The maximum Gasteiger partial charge on any atom is -0.0121 e. The normalized spacial score (nSPS) is 9.23. The van der Waals surface area contributed by atoms with Gasteiger partial charge in [0.05, 0.1) is 0 Å². The van der Waals surface area contributed by atoms with Gasteiger partial charge in [-0.1, -0.05) is 17.7 Å². The smallest absolute Gasteiger partial charge is 0.0121 e. The van der Waals surface area contributed by atoms with Gasteiger partial charge in [-0.3, -0.25) is 0 Å². The van der Waals surface area contributed by atoms with Crippen LogP contribution in [0.3, 0.4) is 0 Å². The molecule has 0 amide bonds. The molecule has 0 unspecified atom stereocenters. The highest BCUT2D eigenvalue weighted by Gasteiger charge is 1.98. The number of hydrogen-bond donors (Lipinski definition) is 0. The first-order valence-corrected chi connectivity index (χ1v) is 4.60. The highest BCUT2D eigenvalue weighted by molar-refractivity contribution is 5.58. The van der Waals surface area contributed by atoms with E-state index in [1.165, 1.54) is 22.3 Å². The molecule has 13 heavy (non-hydrogen) atoms. The van der Waals surface area contributed by atoms with Crippen molar-refractivity contribution in [2.45, 2.75) is 27.7 Å². The Balaban J connectivity index is 3.29. The summed E-state index contributed by atoms with van der Waals surface area (Å²) in [7, 11) is 0. The number of allylic oxidation sites excluding steroid dienone is 1. The van der Waals surface area contributed by atoms with Crippen molar-refractivity contribution in [2.75, 3.05) is 0 Å². The first-order chi connectivity index (χ1) is 6.15. The van der Waals surface area contributed by atoms with Gasteiger partial charge in [-0.25, -0.2) is 0 Å². The molecule has 0 spiro atoms. The number of rotatable bonds is 1. The molecule has 0 aliphatic carbocycles. The maximum atomic E-state index is 3.12. The standard InChI is InChI=1S/C13H16/c1-5-6-7-13-11(3)8-10(2)9-12(13)4/h5,7-9H,1-4H3. The van der Waals surface area contributed by atoms with Gasteiger partial charge in [-0.2, -0.15) is 0 Å². The lowest BCUT2D eigenvalue weighted by atomic mass is 10.00. The van der Waals surface area contributed by atoms with Crippen LogP contribution in [0.1, 0.15) is 29.2 Å². The van der Waals surface area contributed by atoms with E-state index < -0.39 is 0 Å². The van der Waals surface area contributed by atoms with Crippen molar-refractivity contribution in [3.63, 3.8) is 0 Å². The Morgan fingerprint density at radius 2 is 1.62 bits per heavy atom. The molecule has 1 aromatic carbocycles. The summed E-state index contributed by atoms with van der Waals surface area (Å²) < 4.78 is 0. The summed E-state index contributed by atoms with van der Waals surface area (Å²) in [4.78, 5) is 0. The first kappa shape index (κ1) is 9.83. The van der Waals surface area contributed by atoms with Crippen molar-refractivity contribution < 1.29 is 0 Å². The van der Waals surface area contributed by atoms with Crippen LogP contribution in [0.2, 0.25) is 0 Å². The number of hydrogen-bond acceptors (Lipinski definition) is 0. The first-order valence-electron chi connectivity index (χ1n) is 4.60. The van der Waals surface area contributed by atoms with Gasteiger partial charge >= 0.3 is 0 Å². The summed E-state index contributed by atoms with van der Waals surface area (Å²) in [6.07, 6.45) is 3.98. The molecule has 0 bridgehead atoms. The van der Waals surface area contributed by atoms with Crippen molar-refractivity contribution in [3.05, 3.63) is 46.2 Å². The molecule has 0 atom stereocenters. The molecule has 0 heteroatoms. The van der Waals surface area contributed by atoms with E-state index in [4.69, 9.17) is 0 Å². The molecule has 1 rings (SSSR count). The highest BCUT2D eigenvalue weighted by Crippen LogP contribution is 2.17. The van der Waals surface area contributed by atoms with E-state index in [0.717, 1.165) is 0 Å². The lowest BCUT2D eigenvalue weighted by molar-refractivity contribution is 1.30. The van der Waals surface area contributed by atoms with Gasteiger partial charge in [0.25, 0.3) is 0 Å². The summed E-state index contributed by atoms with van der Waals surface area (Å²) in [6, 6.07) is 4.41. The molecular formula is C13H16. The second-order valence-electron chi connectivity index (χ2n) is 3.41. The predicted molar refractivity (Wildman–Crippen MR) is 58.9 cm³/mol. The zero-order valence-electron chi connectivity index (χ0n) is 8.81. The Hall–Kier alpha value is -1.26. The van der Waals surface area contributed by atoms with Gasteiger partial charge in [0.1, 0.15) is 0 Å². The molecule has 0 aliphatic rings. The summed E-state index contributed by atoms with van der Waals surface area (Å²) in [5.74, 6) is 0. The summed E-state index contributed by atoms with van der Waals surface area (Å²) in [6.45, 7) is 8.39. The van der Waals surface area contributed by atoms with Crippen LogP contribution in [0.15, 0.2) is 23.9 Å². The molecule has 0 radical (unpaired) electrons. The van der Waals surface area contributed by atoms with Gasteiger partial charge in [0, 0.05) is 0 Å². The SMILES string of the molecule is CC=C=Cc1c(C)cc(C)cc1C. The highest BCUT2D eigenvalue weighted by atomic mass is 14.0. The molecule has 68 valence electrons. The molecule has 0 aliphatic heterocycles. The Labute approximate surface area is 80.6 Å². The molecule has 0 saturated carbocycles. The topological polar surface area (TPSA) is 0 Å². The Morgan fingerprint density at radius 1 is 1.08 bits per heavy atom. The van der Waals surface area contributed by atoms with Crippen LogP contribution in [-0.4, -0.2) is 0 Å². The van der Waals surface area contributed by atoms with Crippen LogP contribution in [0, 0.1) is 20.8 Å². The zero-order chi connectivity index (χ0) is 9.84. The van der Waals surface area contributed by atoms with Crippen LogP contribution >= 0.6 is 0 Å². The second kappa shape index (κ2) is 4.11. The third-order valence-corrected chi connectivity index (χ3v) is 2.13. The van der Waals surface area contributed by atoms with Crippen LogP contribution in [0.4, 0.5) is 0 Å². The van der Waals surface area contributed by atoms with Crippen LogP contribution in [0.5, 0.6) is 0 Å². The molecular weight excluding hydrogens is 156 g/mol. The number of benzene rings is 1. The summed E-state index contributed by atoms with van der Waals surface area (Å²) in [5.41, 5.74) is 8.39. The predicted octanol–water partition coefficient (Wildman–Crippen LogP) is 3.80. The van der Waals surface area contributed by atoms with Crippen LogP contribution < -0.4 is 0 Å². The van der Waals surface area contributed by atoms with E-state index in [1.807, 2.05) is 19.1 Å². The molecule has 0 heterocycles. The molecule has 1 aromatic rings. The molecule has 0 aromatic heterocycles. The second-order valence-corrected chi connectivity index (χ2v) is 3.41. The number of aryl methyl sites for hydroxylation is 3. The minimum absolute atomic E-state index is 1.30. The van der Waals surface area contributed by atoms with Crippen molar-refractivity contribution in [3.8, 4) is 0 Å². The van der Waals surface area contributed by atoms with E-state index in [9.17, 15) is 0 Å². The van der Waals surface area contributed by atoms with Gasteiger partial charge in [0.2, 0.25) is 0 Å². The average molecular weight is 172 g/mol. The van der Waals surface area contributed by atoms with Crippen molar-refractivity contribution in [1.82, 2.24) is 0 Å². The van der Waals surface area contributed by atoms with E-state index >= 15 is 0 Å². The fourth-order valence-corrected chi connectivity index (χ4v) is 1.59. The lowest BCUT2D eigenvalue weighted by Gasteiger charge is -2.05. The maximum absolute atomic E-state index is 3.12. The Morgan fingerprint density at radius 3 is 2.08 bits per heavy atom. The summed E-state index contributed by atoms with van der Waals surface area (Å²) >= 11 is 0. The van der Waals surface area contributed by atoms with Crippen molar-refractivity contribution in [1.29, 1.82) is 0 Å². The van der Waals surface area contributed by atoms with E-state index in [2.05, 4.69) is 38.6 Å². The lowest BCUT2D eigenvalue weighted by Crippen LogP contribution is -1.87. The minimum Gasteiger partial charge on any atom is -0.125 e. The van der Waals surface area contributed by atoms with Crippen LogP contribution in [0.25, 0.3) is 6.08 Å². The third-order valence-electron chi connectivity index (χ3n) is 2.13. The van der Waals surface area contributed by atoms with Gasteiger partial charge in [-0.15, -0.1) is 5.73 Å². The van der Waals surface area contributed by atoms with E-state index in [0.29, 0.717) is 0 Å². The van der Waals surface area contributed by atoms with E-state index in [1.54, 1.807) is 0 Å². The van der Waals surface area contributed by atoms with Gasteiger partial charge < -0.3 is 0 Å². The zero-order valence-corrected chi connectivity index (χ0v) is 8.81. The van der Waals surface area contributed by atoms with Gasteiger partial charge in [-0.05, 0) is 56.5 Å².